The van der Waals surface area contributed by atoms with E-state index in [4.69, 9.17) is 19.9 Å². The number of carbonyl (C=O) groups is 5. The van der Waals surface area contributed by atoms with Crippen LogP contribution in [0.4, 0.5) is 22.7 Å². The number of amides is 5. The number of benzene rings is 2. The number of aliphatic imine (C=N–C) groups is 1. The predicted molar refractivity (Wildman–Crippen MR) is 228 cm³/mol. The van der Waals surface area contributed by atoms with Crippen molar-refractivity contribution in [1.82, 2.24) is 14.8 Å². The topological polar surface area (TPSA) is 268 Å². The number of hydrogen-bond acceptors (Lipinski definition) is 13. The van der Waals surface area contributed by atoms with Crippen LogP contribution in [0.2, 0.25) is 0 Å². The number of anilines is 3. The quantitative estimate of drug-likeness (QED) is 0.0966. The van der Waals surface area contributed by atoms with Gasteiger partial charge in [-0.05, 0) is 74.9 Å². The molecule has 9 N–H and O–H groups in total. The Kier molecular flexibility index (Phi) is 15.0. The molecule has 0 spiro atoms. The summed E-state index contributed by atoms with van der Waals surface area (Å²) in [6, 6.07) is 9.41. The van der Waals surface area contributed by atoms with Gasteiger partial charge in [-0.1, -0.05) is 13.8 Å². The molecule has 4 heterocycles. The van der Waals surface area contributed by atoms with Crippen LogP contribution in [0.1, 0.15) is 80.1 Å². The van der Waals surface area contributed by atoms with Gasteiger partial charge in [0.15, 0.2) is 11.5 Å². The van der Waals surface area contributed by atoms with Gasteiger partial charge in [-0.25, -0.2) is 0 Å². The smallest absolute Gasteiger partial charge is 0.272 e. The first-order valence-electron chi connectivity index (χ1n) is 20.8. The van der Waals surface area contributed by atoms with Gasteiger partial charge in [-0.3, -0.25) is 29.0 Å². The number of rotatable bonds is 16. The molecule has 1 aromatic heterocycles. The van der Waals surface area contributed by atoms with Gasteiger partial charge in [-0.15, -0.1) is 0 Å². The van der Waals surface area contributed by atoms with Crippen molar-refractivity contribution in [1.29, 1.82) is 0 Å². The molecule has 2 aromatic carbocycles. The van der Waals surface area contributed by atoms with Crippen LogP contribution in [0, 0.1) is 5.92 Å². The van der Waals surface area contributed by atoms with E-state index in [9.17, 15) is 39.3 Å². The summed E-state index contributed by atoms with van der Waals surface area (Å²) in [6.07, 6.45) is 1.56. The van der Waals surface area contributed by atoms with Gasteiger partial charge in [0.25, 0.3) is 11.8 Å². The molecule has 7 atom stereocenters. The molecule has 0 aliphatic carbocycles. The maximum atomic E-state index is 13.7. The molecule has 2 fully saturated rings. The highest BCUT2D eigenvalue weighted by Crippen LogP contribution is 2.39. The number of nitrogens with one attached hydrogen (secondary N) is 4. The predicted octanol–water partition coefficient (Wildman–Crippen LogP) is 2.42. The number of nitrogens with two attached hydrogens (primary N) is 1. The Morgan fingerprint density at radius 1 is 0.968 bits per heavy atom. The van der Waals surface area contributed by atoms with E-state index in [0.29, 0.717) is 34.9 Å². The zero-order valence-electron chi connectivity index (χ0n) is 35.2. The fourth-order valence-corrected chi connectivity index (χ4v) is 7.26. The second-order valence-electron chi connectivity index (χ2n) is 16.1. The summed E-state index contributed by atoms with van der Waals surface area (Å²) in [5, 5.41) is 41.2. The highest BCUT2D eigenvalue weighted by atomic mass is 16.7. The highest BCUT2D eigenvalue weighted by molar-refractivity contribution is 6.05. The summed E-state index contributed by atoms with van der Waals surface area (Å²) in [7, 11) is 1.67. The standard InChI is InChI=1S/C43H56N8O11/c1-23(2)38(44)42(58)46-24(3)40(56)48-25-10-12-26(13-11-25)49-41(57)31-16-27(21-50(31)4)47-36(54)9-7-15-60-33-18-30-29(43(59)51-14-6-5-8-28(51)20-45-30)17-34(33)61-37-19-32(53)39(55)35(22-52)62-37/h10-13,16-18,20-21,23-24,28,32,35,37-39,52-53,55H,5-9,14-15,19,22,44H2,1-4H3,(H,46,58)(H,47,54)(H,48,56)(H,49,57)/t24-,28?,32+,35+,37?,38-,39+/m0/s1. The number of aliphatic hydroxyl groups is 3. The first kappa shape index (κ1) is 45.7. The number of fused-ring (bicyclic) bond motifs is 2. The lowest BCUT2D eigenvalue weighted by molar-refractivity contribution is -0.230. The van der Waals surface area contributed by atoms with E-state index in [-0.39, 0.29) is 66.8 Å². The van der Waals surface area contributed by atoms with Gasteiger partial charge in [0.2, 0.25) is 24.0 Å². The number of hydrogen-bond donors (Lipinski definition) is 8. The summed E-state index contributed by atoms with van der Waals surface area (Å²) >= 11 is 0. The van der Waals surface area contributed by atoms with Crippen molar-refractivity contribution >= 4 is 58.5 Å². The minimum atomic E-state index is -1.30. The lowest BCUT2D eigenvalue weighted by Crippen LogP contribution is -2.51. The van der Waals surface area contributed by atoms with E-state index in [0.717, 1.165) is 19.3 Å². The minimum absolute atomic E-state index is 0.0539. The Hall–Kier alpha value is -5.86. The second kappa shape index (κ2) is 20.3. The van der Waals surface area contributed by atoms with Crippen molar-refractivity contribution < 1.29 is 53.5 Å². The van der Waals surface area contributed by atoms with Gasteiger partial charge in [0.1, 0.15) is 23.9 Å². The second-order valence-corrected chi connectivity index (χ2v) is 16.1. The number of ether oxygens (including phenoxy) is 3. The van der Waals surface area contributed by atoms with E-state index in [2.05, 4.69) is 26.3 Å². The van der Waals surface area contributed by atoms with E-state index < -0.39 is 61.0 Å². The van der Waals surface area contributed by atoms with Crippen molar-refractivity contribution in [2.24, 2.45) is 23.7 Å². The first-order chi connectivity index (χ1) is 29.6. The molecule has 3 aliphatic rings. The molecule has 0 saturated carbocycles. The van der Waals surface area contributed by atoms with E-state index in [1.54, 1.807) is 66.2 Å². The molecule has 2 saturated heterocycles. The molecular weight excluding hydrogens is 805 g/mol. The Morgan fingerprint density at radius 3 is 2.40 bits per heavy atom. The molecule has 0 bridgehead atoms. The van der Waals surface area contributed by atoms with Crippen LogP contribution in [0.15, 0.2) is 53.7 Å². The Morgan fingerprint density at radius 2 is 1.69 bits per heavy atom. The molecule has 19 heteroatoms. The summed E-state index contributed by atoms with van der Waals surface area (Å²) < 4.78 is 19.5. The molecule has 5 amide bonds. The zero-order valence-corrected chi connectivity index (χ0v) is 35.2. The van der Waals surface area contributed by atoms with Gasteiger partial charge < -0.3 is 66.0 Å². The van der Waals surface area contributed by atoms with Gasteiger partial charge in [0.05, 0.1) is 48.3 Å². The van der Waals surface area contributed by atoms with Crippen LogP contribution in [0.3, 0.4) is 0 Å². The Balaban J connectivity index is 1.02. The number of carbonyl (C=O) groups excluding carboxylic acids is 5. The van der Waals surface area contributed by atoms with E-state index in [1.165, 1.54) is 12.1 Å². The van der Waals surface area contributed by atoms with Crippen LogP contribution in [0.25, 0.3) is 0 Å². The monoisotopic (exact) mass is 860 g/mol. The lowest BCUT2D eigenvalue weighted by Gasteiger charge is -2.36. The molecule has 3 aromatic rings. The van der Waals surface area contributed by atoms with Crippen LogP contribution < -0.4 is 36.5 Å². The van der Waals surface area contributed by atoms with Crippen LogP contribution in [-0.2, 0) is 26.2 Å². The van der Waals surface area contributed by atoms with Crippen molar-refractivity contribution in [2.75, 3.05) is 35.7 Å². The van der Waals surface area contributed by atoms with Crippen LogP contribution >= 0.6 is 0 Å². The van der Waals surface area contributed by atoms with Crippen molar-refractivity contribution in [2.45, 2.75) is 102 Å². The summed E-state index contributed by atoms with van der Waals surface area (Å²) in [5.41, 5.74) is 8.15. The number of aryl methyl sites for hydroxylation is 1. The van der Waals surface area contributed by atoms with Gasteiger partial charge in [-0.2, -0.15) is 0 Å². The molecule has 19 nitrogen and oxygen atoms in total. The fourth-order valence-electron chi connectivity index (χ4n) is 7.26. The van der Waals surface area contributed by atoms with Crippen molar-refractivity contribution in [3.05, 3.63) is 59.9 Å². The summed E-state index contributed by atoms with van der Waals surface area (Å²) in [5.74, 6) is -1.55. The lowest BCUT2D eigenvalue weighted by atomic mass is 10.0. The largest absolute Gasteiger partial charge is 0.490 e. The molecule has 6 rings (SSSR count). The van der Waals surface area contributed by atoms with Crippen molar-refractivity contribution in [3.8, 4) is 11.5 Å². The van der Waals surface area contributed by atoms with Gasteiger partial charge >= 0.3 is 0 Å². The van der Waals surface area contributed by atoms with Crippen LogP contribution in [0.5, 0.6) is 11.5 Å². The summed E-state index contributed by atoms with van der Waals surface area (Å²) in [4.78, 5) is 71.1. The maximum absolute atomic E-state index is 13.7. The number of aromatic nitrogens is 1. The first-order valence-corrected chi connectivity index (χ1v) is 20.8. The fraction of sp³-hybridized carbons (Fsp3) is 0.488. The Bertz CT molecular complexity index is 2140. The SMILES string of the molecule is CC(C)[C@H](N)C(=O)N[C@@H](C)C(=O)Nc1ccc(NC(=O)c2cc(NC(=O)CCCOc3cc4c(cc3OC3C[C@@H](O)[C@@H](O)[C@@H](CO)O3)C(=O)N3CCCCC3C=N4)cn2C)cc1. The number of piperidine rings is 1. The molecule has 3 aliphatic heterocycles. The third-order valence-corrected chi connectivity index (χ3v) is 11.0. The maximum Gasteiger partial charge on any atom is 0.272 e. The zero-order chi connectivity index (χ0) is 44.7. The van der Waals surface area contributed by atoms with Gasteiger partial charge in [0, 0.05) is 56.3 Å². The molecule has 0 radical (unpaired) electrons. The average Bonchev–Trinajstić information content (AvgIpc) is 3.55. The Labute approximate surface area is 359 Å². The van der Waals surface area contributed by atoms with Crippen LogP contribution in [-0.4, -0.2) is 123 Å². The normalized spacial score (nSPS) is 21.8. The third kappa shape index (κ3) is 11.1. The molecule has 62 heavy (non-hydrogen) atoms. The highest BCUT2D eigenvalue weighted by Gasteiger charge is 2.38. The molecular formula is C43H56N8O11. The number of nitrogens with zero attached hydrogens (tertiary/aromatic N) is 3. The number of aliphatic hydroxyl groups excluding tert-OH is 3. The minimum Gasteiger partial charge on any atom is -0.490 e. The third-order valence-electron chi connectivity index (χ3n) is 11.0. The average molecular weight is 861 g/mol. The van der Waals surface area contributed by atoms with Crippen molar-refractivity contribution in [3.63, 3.8) is 0 Å². The van der Waals surface area contributed by atoms with E-state index in [1.807, 2.05) is 13.8 Å². The molecule has 2 unspecified atom stereocenters. The van der Waals surface area contributed by atoms with E-state index >= 15 is 0 Å². The molecule has 334 valence electrons. The summed E-state index contributed by atoms with van der Waals surface area (Å²) in [6.45, 7) is 5.29.